The van der Waals surface area contributed by atoms with Gasteiger partial charge in [0.15, 0.2) is 0 Å². The fraction of sp³-hybridized carbons (Fsp3) is 0.133. The van der Waals surface area contributed by atoms with Crippen LogP contribution in [0.15, 0.2) is 36.4 Å². The average Bonchev–Trinajstić information content (AvgIpc) is 2.45. The first-order valence-electron chi connectivity index (χ1n) is 6.43. The van der Waals surface area contributed by atoms with Crippen molar-refractivity contribution in [1.82, 2.24) is 0 Å². The summed E-state index contributed by atoms with van der Waals surface area (Å²) in [4.78, 5) is 12.0. The molecule has 0 saturated heterocycles. The van der Waals surface area contributed by atoms with Crippen molar-refractivity contribution in [1.29, 1.82) is 0 Å². The molecule has 0 unspecified atom stereocenters. The van der Waals surface area contributed by atoms with Crippen LogP contribution in [-0.2, 0) is 0 Å². The predicted molar refractivity (Wildman–Crippen MR) is 86.9 cm³/mol. The molecule has 2 N–H and O–H groups in total. The number of carbonyl (C=O) groups excluding carboxylic acids is 1. The van der Waals surface area contributed by atoms with Gasteiger partial charge in [0.25, 0.3) is 0 Å². The number of anilines is 2. The van der Waals surface area contributed by atoms with Crippen molar-refractivity contribution in [3.05, 3.63) is 52.0 Å². The fourth-order valence-electron chi connectivity index (χ4n) is 1.78. The Kier molecular flexibility index (Phi) is 5.63. The number of benzene rings is 2. The zero-order valence-corrected chi connectivity index (χ0v) is 13.4. The van der Waals surface area contributed by atoms with Gasteiger partial charge in [-0.15, -0.1) is 0 Å². The van der Waals surface area contributed by atoms with E-state index in [-0.39, 0.29) is 16.5 Å². The summed E-state index contributed by atoms with van der Waals surface area (Å²) in [7, 11) is 0. The number of rotatable bonds is 4. The molecule has 0 radical (unpaired) electrons. The summed E-state index contributed by atoms with van der Waals surface area (Å²) in [5.41, 5.74) is 1.24. The van der Waals surface area contributed by atoms with E-state index in [0.717, 1.165) is 5.56 Å². The number of urea groups is 1. The minimum absolute atomic E-state index is 0.119. The van der Waals surface area contributed by atoms with Crippen molar-refractivity contribution in [3.63, 3.8) is 0 Å². The molecule has 0 aliphatic heterocycles. The molecule has 0 fully saturated rings. The molecule has 2 aromatic rings. The molecular weight excluding hydrogens is 349 g/mol. The monoisotopic (exact) mass is 360 g/mol. The van der Waals surface area contributed by atoms with Crippen LogP contribution >= 0.6 is 23.2 Å². The van der Waals surface area contributed by atoms with Crippen LogP contribution in [0, 0.1) is 6.92 Å². The second-order valence-electron chi connectivity index (χ2n) is 4.59. The molecule has 2 amide bonds. The number of hydrogen-bond acceptors (Lipinski definition) is 2. The Morgan fingerprint density at radius 3 is 2.48 bits per heavy atom. The van der Waals surface area contributed by atoms with Crippen molar-refractivity contribution in [2.24, 2.45) is 0 Å². The van der Waals surface area contributed by atoms with Gasteiger partial charge >= 0.3 is 12.6 Å². The molecule has 0 aromatic heterocycles. The fourth-order valence-corrected chi connectivity index (χ4v) is 2.08. The predicted octanol–water partition coefficient (Wildman–Crippen LogP) is 5.55. The van der Waals surface area contributed by atoms with E-state index in [1.165, 1.54) is 24.3 Å². The second kappa shape index (κ2) is 7.48. The molecule has 0 heterocycles. The lowest BCUT2D eigenvalue weighted by atomic mass is 10.2. The summed E-state index contributed by atoms with van der Waals surface area (Å²) in [6, 6.07) is 8.45. The third-order valence-electron chi connectivity index (χ3n) is 2.78. The lowest BCUT2D eigenvalue weighted by molar-refractivity contribution is -0.0493. The molecule has 0 aliphatic carbocycles. The Labute approximate surface area is 141 Å². The maximum atomic E-state index is 12.4. The molecule has 0 bridgehead atoms. The second-order valence-corrected chi connectivity index (χ2v) is 5.40. The van der Waals surface area contributed by atoms with Gasteiger partial charge in [-0.25, -0.2) is 4.79 Å². The normalized spacial score (nSPS) is 10.5. The zero-order chi connectivity index (χ0) is 17.0. The molecule has 23 heavy (non-hydrogen) atoms. The van der Waals surface area contributed by atoms with Gasteiger partial charge in [-0.05, 0) is 42.8 Å². The van der Waals surface area contributed by atoms with Crippen molar-refractivity contribution < 1.29 is 18.3 Å². The largest absolute Gasteiger partial charge is 0.433 e. The molecule has 0 spiro atoms. The van der Waals surface area contributed by atoms with Crippen LogP contribution in [0.1, 0.15) is 5.56 Å². The lowest BCUT2D eigenvalue weighted by Gasteiger charge is -2.13. The first-order valence-corrected chi connectivity index (χ1v) is 7.19. The molecular formula is C15H12Cl2F2N2O2. The number of aryl methyl sites for hydroxylation is 1. The minimum Gasteiger partial charge on any atom is -0.433 e. The van der Waals surface area contributed by atoms with E-state index in [9.17, 15) is 13.6 Å². The summed E-state index contributed by atoms with van der Waals surface area (Å²) in [5, 5.41) is 5.59. The van der Waals surface area contributed by atoms with Gasteiger partial charge in [0.1, 0.15) is 5.75 Å². The van der Waals surface area contributed by atoms with Crippen LogP contribution in [-0.4, -0.2) is 12.6 Å². The molecule has 4 nitrogen and oxygen atoms in total. The minimum atomic E-state index is -2.99. The first-order chi connectivity index (χ1) is 10.8. The Morgan fingerprint density at radius 1 is 1.09 bits per heavy atom. The van der Waals surface area contributed by atoms with Crippen molar-refractivity contribution in [3.8, 4) is 5.75 Å². The molecule has 2 rings (SSSR count). The van der Waals surface area contributed by atoms with Crippen LogP contribution in [0.25, 0.3) is 0 Å². The molecule has 8 heteroatoms. The Morgan fingerprint density at radius 2 is 1.83 bits per heavy atom. The number of carbonyl (C=O) groups is 1. The first kappa shape index (κ1) is 17.3. The maximum Gasteiger partial charge on any atom is 0.387 e. The summed E-state index contributed by atoms with van der Waals surface area (Å²) >= 11 is 11.6. The molecule has 0 atom stereocenters. The Bertz CT molecular complexity index is 727. The quantitative estimate of drug-likeness (QED) is 0.751. The third kappa shape index (κ3) is 4.97. The van der Waals surface area contributed by atoms with E-state index in [0.29, 0.717) is 10.7 Å². The molecule has 122 valence electrons. The standard InChI is InChI=1S/C15H12Cl2F2N2O2/c1-8-2-5-12(13(6-8)23-14(18)19)21-15(22)20-9-3-4-10(16)11(17)7-9/h2-7,14H,1H3,(H2,20,21,22). The van der Waals surface area contributed by atoms with Gasteiger partial charge in [-0.3, -0.25) is 0 Å². The van der Waals surface area contributed by atoms with Gasteiger partial charge in [0.2, 0.25) is 0 Å². The van der Waals surface area contributed by atoms with Crippen LogP contribution < -0.4 is 15.4 Å². The van der Waals surface area contributed by atoms with E-state index in [1.54, 1.807) is 19.1 Å². The van der Waals surface area contributed by atoms with Crippen LogP contribution in [0.3, 0.4) is 0 Å². The van der Waals surface area contributed by atoms with E-state index < -0.39 is 12.6 Å². The number of alkyl halides is 2. The topological polar surface area (TPSA) is 50.4 Å². The summed E-state index contributed by atoms with van der Waals surface area (Å²) in [6.45, 7) is -1.27. The van der Waals surface area contributed by atoms with Crippen molar-refractivity contribution >= 4 is 40.6 Å². The van der Waals surface area contributed by atoms with E-state index in [2.05, 4.69) is 15.4 Å². The maximum absolute atomic E-state index is 12.4. The number of halogens is 4. The highest BCUT2D eigenvalue weighted by molar-refractivity contribution is 6.42. The summed E-state index contributed by atoms with van der Waals surface area (Å²) in [6.07, 6.45) is 0. The van der Waals surface area contributed by atoms with Gasteiger partial charge in [0.05, 0.1) is 15.7 Å². The lowest BCUT2D eigenvalue weighted by Crippen LogP contribution is -2.20. The van der Waals surface area contributed by atoms with E-state index in [4.69, 9.17) is 23.2 Å². The highest BCUT2D eigenvalue weighted by Gasteiger charge is 2.13. The SMILES string of the molecule is Cc1ccc(NC(=O)Nc2ccc(Cl)c(Cl)c2)c(OC(F)F)c1. The van der Waals surface area contributed by atoms with Crippen molar-refractivity contribution in [2.75, 3.05) is 10.6 Å². The van der Waals surface area contributed by atoms with Crippen LogP contribution in [0.4, 0.5) is 25.0 Å². The van der Waals surface area contributed by atoms with E-state index >= 15 is 0 Å². The summed E-state index contributed by atoms with van der Waals surface area (Å²) < 4.78 is 29.2. The summed E-state index contributed by atoms with van der Waals surface area (Å²) in [5.74, 6) is -0.121. The van der Waals surface area contributed by atoms with Crippen LogP contribution in [0.2, 0.25) is 10.0 Å². The van der Waals surface area contributed by atoms with Crippen molar-refractivity contribution in [2.45, 2.75) is 13.5 Å². The molecule has 0 saturated carbocycles. The number of ether oxygens (including phenoxy) is 1. The number of amides is 2. The van der Waals surface area contributed by atoms with Gasteiger partial charge < -0.3 is 15.4 Å². The molecule has 2 aromatic carbocycles. The van der Waals surface area contributed by atoms with Crippen LogP contribution in [0.5, 0.6) is 5.75 Å². The zero-order valence-electron chi connectivity index (χ0n) is 11.9. The third-order valence-corrected chi connectivity index (χ3v) is 3.52. The molecule has 0 aliphatic rings. The number of hydrogen-bond donors (Lipinski definition) is 2. The van der Waals surface area contributed by atoms with E-state index in [1.807, 2.05) is 0 Å². The van der Waals surface area contributed by atoms with Gasteiger partial charge in [-0.2, -0.15) is 8.78 Å². The Hall–Kier alpha value is -2.05. The number of nitrogens with one attached hydrogen (secondary N) is 2. The van der Waals surface area contributed by atoms with Gasteiger partial charge in [-0.1, -0.05) is 29.3 Å². The smallest absolute Gasteiger partial charge is 0.387 e. The van der Waals surface area contributed by atoms with Gasteiger partial charge in [0, 0.05) is 5.69 Å². The Balaban J connectivity index is 2.11. The highest BCUT2D eigenvalue weighted by atomic mass is 35.5. The average molecular weight is 361 g/mol. The highest BCUT2D eigenvalue weighted by Crippen LogP contribution is 2.28.